The molecule has 1 unspecified atom stereocenters. The molecule has 4 aliphatic carbocycles. The first-order chi connectivity index (χ1) is 10.9. The highest BCUT2D eigenvalue weighted by Crippen LogP contribution is 2.61. The molecule has 4 bridgehead atoms. The van der Waals surface area contributed by atoms with Crippen LogP contribution in [0.5, 0.6) is 5.88 Å². The largest absolute Gasteiger partial charge is 0.494 e. The van der Waals surface area contributed by atoms with Gasteiger partial charge >= 0.3 is 0 Å². The molecule has 0 spiro atoms. The molecule has 5 nitrogen and oxygen atoms in total. The van der Waals surface area contributed by atoms with Gasteiger partial charge < -0.3 is 10.1 Å². The maximum Gasteiger partial charge on any atom is 0.264 e. The topological polar surface area (TPSA) is 81.2 Å². The molecular weight excluding hydrogens is 310 g/mol. The number of nitrogens with one attached hydrogen (secondary N) is 2. The fourth-order valence-electron chi connectivity index (χ4n) is 5.64. The molecule has 4 saturated carbocycles. The van der Waals surface area contributed by atoms with Gasteiger partial charge in [-0.3, -0.25) is 14.8 Å². The van der Waals surface area contributed by atoms with E-state index in [-0.39, 0.29) is 22.3 Å². The van der Waals surface area contributed by atoms with Crippen LogP contribution in [0, 0.1) is 27.9 Å². The van der Waals surface area contributed by atoms with E-state index >= 15 is 0 Å². The summed E-state index contributed by atoms with van der Waals surface area (Å²) in [4.78, 5) is 21.7. The number of hydrogen-bond acceptors (Lipinski definition) is 4. The minimum atomic E-state index is -0.396. The molecule has 1 aromatic heterocycles. The Hall–Kier alpha value is -1.43. The Morgan fingerprint density at radius 3 is 2.30 bits per heavy atom. The Kier molecular flexibility index (Phi) is 3.48. The highest BCUT2D eigenvalue weighted by Gasteiger charge is 2.53. The van der Waals surface area contributed by atoms with Gasteiger partial charge in [0.1, 0.15) is 5.56 Å². The van der Waals surface area contributed by atoms with E-state index in [0.29, 0.717) is 5.41 Å². The number of aliphatic imine (C=N–C) groups is 1. The van der Waals surface area contributed by atoms with Crippen LogP contribution in [0.15, 0.2) is 9.79 Å². The second-order valence-corrected chi connectivity index (χ2v) is 8.31. The van der Waals surface area contributed by atoms with Crippen LogP contribution >= 0.6 is 12.2 Å². The van der Waals surface area contributed by atoms with Crippen molar-refractivity contribution >= 4 is 18.4 Å². The van der Waals surface area contributed by atoms with Crippen molar-refractivity contribution in [3.05, 3.63) is 20.7 Å². The molecule has 0 amide bonds. The molecule has 1 atom stereocenters. The van der Waals surface area contributed by atoms with Gasteiger partial charge in [-0.05, 0) is 80.8 Å². The molecular formula is C17H23N3O2S. The van der Waals surface area contributed by atoms with Gasteiger partial charge in [0.05, 0.1) is 6.04 Å². The molecule has 23 heavy (non-hydrogen) atoms. The summed E-state index contributed by atoms with van der Waals surface area (Å²) in [7, 11) is 0. The molecule has 6 heteroatoms. The zero-order chi connectivity index (χ0) is 16.2. The lowest BCUT2D eigenvalue weighted by atomic mass is 9.48. The smallest absolute Gasteiger partial charge is 0.264 e. The highest BCUT2D eigenvalue weighted by molar-refractivity contribution is 7.71. The maximum atomic E-state index is 11.9. The molecule has 4 aliphatic rings. The molecule has 0 aliphatic heterocycles. The molecule has 1 aromatic rings. The lowest BCUT2D eigenvalue weighted by Gasteiger charge is -2.58. The van der Waals surface area contributed by atoms with Crippen LogP contribution in [0.25, 0.3) is 0 Å². The predicted molar refractivity (Wildman–Crippen MR) is 91.6 cm³/mol. The van der Waals surface area contributed by atoms with Crippen LogP contribution < -0.4 is 5.56 Å². The average molecular weight is 333 g/mol. The number of aromatic nitrogens is 2. The molecule has 0 aromatic carbocycles. The van der Waals surface area contributed by atoms with E-state index in [4.69, 9.17) is 12.2 Å². The number of rotatable bonds is 3. The van der Waals surface area contributed by atoms with Crippen molar-refractivity contribution < 1.29 is 5.11 Å². The zero-order valence-electron chi connectivity index (χ0n) is 13.3. The first-order valence-electron chi connectivity index (χ1n) is 8.54. The number of aromatic amines is 2. The van der Waals surface area contributed by atoms with Crippen molar-refractivity contribution in [2.45, 2.75) is 51.5 Å². The lowest BCUT2D eigenvalue weighted by Crippen LogP contribution is -2.50. The Morgan fingerprint density at radius 1 is 1.22 bits per heavy atom. The van der Waals surface area contributed by atoms with Crippen molar-refractivity contribution in [1.29, 1.82) is 0 Å². The van der Waals surface area contributed by atoms with Gasteiger partial charge in [-0.2, -0.15) is 0 Å². The average Bonchev–Trinajstić information content (AvgIpc) is 2.44. The van der Waals surface area contributed by atoms with Crippen molar-refractivity contribution in [3.63, 3.8) is 0 Å². The second-order valence-electron chi connectivity index (χ2n) is 7.90. The summed E-state index contributed by atoms with van der Waals surface area (Å²) >= 11 is 4.84. The number of aromatic hydroxyl groups is 1. The molecule has 1 heterocycles. The quantitative estimate of drug-likeness (QED) is 0.587. The van der Waals surface area contributed by atoms with E-state index in [9.17, 15) is 9.90 Å². The van der Waals surface area contributed by atoms with Gasteiger partial charge in [0.25, 0.3) is 5.56 Å². The normalized spacial score (nSPS) is 36.7. The number of hydrogen-bond donors (Lipinski definition) is 3. The minimum Gasteiger partial charge on any atom is -0.494 e. The van der Waals surface area contributed by atoms with E-state index < -0.39 is 5.56 Å². The van der Waals surface area contributed by atoms with E-state index in [1.807, 2.05) is 0 Å². The fourth-order valence-corrected chi connectivity index (χ4v) is 5.83. The van der Waals surface area contributed by atoms with Crippen LogP contribution in [0.3, 0.4) is 0 Å². The predicted octanol–water partition coefficient (Wildman–Crippen LogP) is 3.16. The molecule has 0 radical (unpaired) electrons. The third kappa shape index (κ3) is 2.57. The van der Waals surface area contributed by atoms with Gasteiger partial charge in [-0.15, -0.1) is 0 Å². The summed E-state index contributed by atoms with van der Waals surface area (Å²) in [6.07, 6.45) is 9.57. The number of nitrogens with zero attached hydrogens (tertiary/aromatic N) is 1. The Bertz CT molecular complexity index is 729. The van der Waals surface area contributed by atoms with Crippen molar-refractivity contribution in [2.75, 3.05) is 0 Å². The SMILES string of the molecule is CC(N=Cc1c(O)[nH]c(=S)[nH]c1=O)C12CC3CC(CC(C3)C1)C2. The minimum absolute atomic E-state index is 0.124. The summed E-state index contributed by atoms with van der Waals surface area (Å²) in [6.45, 7) is 2.17. The van der Waals surface area contributed by atoms with E-state index in [1.165, 1.54) is 44.7 Å². The summed E-state index contributed by atoms with van der Waals surface area (Å²) in [6, 6.07) is 0.179. The van der Waals surface area contributed by atoms with Gasteiger partial charge in [-0.1, -0.05) is 0 Å². The molecule has 4 fully saturated rings. The third-order valence-electron chi connectivity index (χ3n) is 6.36. The highest BCUT2D eigenvalue weighted by atomic mass is 32.1. The maximum absolute atomic E-state index is 11.9. The lowest BCUT2D eigenvalue weighted by molar-refractivity contribution is -0.0632. The van der Waals surface area contributed by atoms with Crippen molar-refractivity contribution in [3.8, 4) is 5.88 Å². The van der Waals surface area contributed by atoms with Gasteiger partial charge in [0.2, 0.25) is 5.88 Å². The van der Waals surface area contributed by atoms with Gasteiger partial charge in [-0.25, -0.2) is 0 Å². The first-order valence-corrected chi connectivity index (χ1v) is 8.95. The van der Waals surface area contributed by atoms with Crippen LogP contribution in [0.2, 0.25) is 0 Å². The molecule has 124 valence electrons. The third-order valence-corrected chi connectivity index (χ3v) is 6.56. The van der Waals surface area contributed by atoms with Crippen LogP contribution in [0.4, 0.5) is 0 Å². The van der Waals surface area contributed by atoms with Crippen molar-refractivity contribution in [1.82, 2.24) is 9.97 Å². The monoisotopic (exact) mass is 333 g/mol. The fraction of sp³-hybridized carbons (Fsp3) is 0.706. The van der Waals surface area contributed by atoms with E-state index in [2.05, 4.69) is 21.9 Å². The molecule has 3 N–H and O–H groups in total. The van der Waals surface area contributed by atoms with E-state index in [1.54, 1.807) is 0 Å². The summed E-state index contributed by atoms with van der Waals surface area (Å²) in [5.41, 5.74) is 0.0675. The van der Waals surface area contributed by atoms with Gasteiger partial charge in [0.15, 0.2) is 4.77 Å². The van der Waals surface area contributed by atoms with Gasteiger partial charge in [0, 0.05) is 6.21 Å². The Balaban J connectivity index is 1.60. The zero-order valence-corrected chi connectivity index (χ0v) is 14.2. The molecule has 0 saturated heterocycles. The van der Waals surface area contributed by atoms with E-state index in [0.717, 1.165) is 17.8 Å². The first kappa shape index (κ1) is 15.1. The van der Waals surface area contributed by atoms with Crippen molar-refractivity contribution in [2.24, 2.45) is 28.2 Å². The standard InChI is InChI=1S/C17H23N3O2S/c1-9(18-8-13-14(21)19-16(23)20-15(13)22)17-5-10-2-11(6-17)4-12(3-10)7-17/h8-12H,2-7H2,1H3,(H3,19,20,21,22,23). The van der Waals surface area contributed by atoms with Crippen LogP contribution in [0.1, 0.15) is 51.0 Å². The summed E-state index contributed by atoms with van der Waals surface area (Å²) in [5, 5.41) is 9.89. The number of H-pyrrole nitrogens is 2. The van der Waals surface area contributed by atoms with Crippen LogP contribution in [-0.4, -0.2) is 27.3 Å². The Labute approximate surface area is 140 Å². The summed E-state index contributed by atoms with van der Waals surface area (Å²) < 4.78 is 0.124. The second kappa shape index (κ2) is 5.30. The summed E-state index contributed by atoms with van der Waals surface area (Å²) in [5.74, 6) is 2.43. The van der Waals surface area contributed by atoms with Crippen LogP contribution in [-0.2, 0) is 0 Å². The molecule has 5 rings (SSSR count). The Morgan fingerprint density at radius 2 is 1.78 bits per heavy atom.